The van der Waals surface area contributed by atoms with Gasteiger partial charge in [0.05, 0.1) is 5.69 Å². The first-order valence-electron chi connectivity index (χ1n) is 6.04. The molecule has 3 nitrogen and oxygen atoms in total. The second kappa shape index (κ2) is 6.30. The van der Waals surface area contributed by atoms with Crippen LogP contribution in [-0.2, 0) is 12.8 Å². The van der Waals surface area contributed by atoms with E-state index in [0.29, 0.717) is 0 Å². The first-order chi connectivity index (χ1) is 7.88. The number of thioether (sulfide) groups is 1. The van der Waals surface area contributed by atoms with Crippen molar-refractivity contribution in [1.82, 2.24) is 10.3 Å². The third-order valence-electron chi connectivity index (χ3n) is 2.95. The van der Waals surface area contributed by atoms with Crippen molar-refractivity contribution in [3.8, 4) is 0 Å². The summed E-state index contributed by atoms with van der Waals surface area (Å²) in [6.07, 6.45) is 6.32. The second-order valence-corrected chi connectivity index (χ2v) is 5.52. The lowest BCUT2D eigenvalue weighted by molar-refractivity contribution is 0.447. The van der Waals surface area contributed by atoms with Crippen molar-refractivity contribution in [3.63, 3.8) is 0 Å². The van der Waals surface area contributed by atoms with Gasteiger partial charge in [-0.1, -0.05) is 0 Å². The van der Waals surface area contributed by atoms with Crippen LogP contribution in [0, 0.1) is 5.92 Å². The predicted octanol–water partition coefficient (Wildman–Crippen LogP) is 2.12. The van der Waals surface area contributed by atoms with E-state index in [9.17, 15) is 0 Å². The monoisotopic (exact) mass is 240 g/mol. The van der Waals surface area contributed by atoms with Crippen LogP contribution in [0.1, 0.15) is 24.4 Å². The van der Waals surface area contributed by atoms with Crippen LogP contribution in [0.25, 0.3) is 0 Å². The molecule has 0 aromatic carbocycles. The SMILES string of the molecule is CNCCCc1coc(CC2CCSC2)n1. The molecule has 0 radical (unpaired) electrons. The van der Waals surface area contributed by atoms with Gasteiger partial charge in [-0.15, -0.1) is 0 Å². The maximum atomic E-state index is 5.52. The van der Waals surface area contributed by atoms with Gasteiger partial charge in [-0.25, -0.2) is 4.98 Å². The number of rotatable bonds is 6. The fourth-order valence-electron chi connectivity index (χ4n) is 2.00. The van der Waals surface area contributed by atoms with Crippen molar-refractivity contribution in [1.29, 1.82) is 0 Å². The Morgan fingerprint density at radius 1 is 1.62 bits per heavy atom. The molecular weight excluding hydrogens is 220 g/mol. The Kier molecular flexibility index (Phi) is 4.72. The smallest absolute Gasteiger partial charge is 0.194 e. The molecule has 2 heterocycles. The van der Waals surface area contributed by atoms with Crippen LogP contribution in [0.3, 0.4) is 0 Å². The normalized spacial score (nSPS) is 20.4. The Bertz CT molecular complexity index is 308. The molecule has 1 atom stereocenters. The summed E-state index contributed by atoms with van der Waals surface area (Å²) in [5, 5.41) is 3.14. The largest absolute Gasteiger partial charge is 0.449 e. The highest BCUT2D eigenvalue weighted by Gasteiger charge is 2.18. The van der Waals surface area contributed by atoms with Crippen molar-refractivity contribution in [3.05, 3.63) is 17.8 Å². The highest BCUT2D eigenvalue weighted by Crippen LogP contribution is 2.26. The molecule has 1 aliphatic rings. The molecule has 0 amide bonds. The molecule has 4 heteroatoms. The molecule has 0 spiro atoms. The molecule has 1 aromatic rings. The molecular formula is C12H20N2OS. The predicted molar refractivity (Wildman–Crippen MR) is 67.9 cm³/mol. The van der Waals surface area contributed by atoms with Gasteiger partial charge >= 0.3 is 0 Å². The van der Waals surface area contributed by atoms with Crippen molar-refractivity contribution >= 4 is 11.8 Å². The van der Waals surface area contributed by atoms with Gasteiger partial charge in [-0.3, -0.25) is 0 Å². The van der Waals surface area contributed by atoms with Crippen LogP contribution < -0.4 is 5.32 Å². The van der Waals surface area contributed by atoms with Gasteiger partial charge in [-0.2, -0.15) is 11.8 Å². The third-order valence-corrected chi connectivity index (χ3v) is 4.18. The van der Waals surface area contributed by atoms with Gasteiger partial charge in [0, 0.05) is 6.42 Å². The number of nitrogens with one attached hydrogen (secondary N) is 1. The van der Waals surface area contributed by atoms with Gasteiger partial charge in [0.2, 0.25) is 0 Å². The minimum absolute atomic E-state index is 0.786. The zero-order valence-electron chi connectivity index (χ0n) is 9.87. The summed E-state index contributed by atoms with van der Waals surface area (Å²) < 4.78 is 5.52. The minimum atomic E-state index is 0.786. The van der Waals surface area contributed by atoms with Gasteiger partial charge in [0.25, 0.3) is 0 Å². The Balaban J connectivity index is 1.77. The molecule has 1 aromatic heterocycles. The molecule has 0 saturated carbocycles. The van der Waals surface area contributed by atoms with Crippen LogP contribution in [0.5, 0.6) is 0 Å². The number of hydrogen-bond donors (Lipinski definition) is 1. The average Bonchev–Trinajstić information content (AvgIpc) is 2.91. The minimum Gasteiger partial charge on any atom is -0.449 e. The summed E-state index contributed by atoms with van der Waals surface area (Å²) in [7, 11) is 1.98. The van der Waals surface area contributed by atoms with E-state index in [2.05, 4.69) is 10.3 Å². The van der Waals surface area contributed by atoms with Crippen molar-refractivity contribution in [2.24, 2.45) is 5.92 Å². The van der Waals surface area contributed by atoms with E-state index in [4.69, 9.17) is 4.42 Å². The highest BCUT2D eigenvalue weighted by atomic mass is 32.2. The van der Waals surface area contributed by atoms with Crippen LogP contribution in [0.4, 0.5) is 0 Å². The van der Waals surface area contributed by atoms with E-state index in [1.807, 2.05) is 25.1 Å². The first-order valence-corrected chi connectivity index (χ1v) is 7.19. The summed E-state index contributed by atoms with van der Waals surface area (Å²) in [5.74, 6) is 4.30. The van der Waals surface area contributed by atoms with E-state index in [1.54, 1.807) is 0 Å². The molecule has 0 aliphatic carbocycles. The Labute approximate surface area is 101 Å². The molecule has 1 saturated heterocycles. The quantitative estimate of drug-likeness (QED) is 0.773. The van der Waals surface area contributed by atoms with Crippen molar-refractivity contribution in [2.75, 3.05) is 25.1 Å². The number of aromatic nitrogens is 1. The summed E-state index contributed by atoms with van der Waals surface area (Å²) in [6, 6.07) is 0. The van der Waals surface area contributed by atoms with Gasteiger partial charge < -0.3 is 9.73 Å². The topological polar surface area (TPSA) is 38.1 Å². The van der Waals surface area contributed by atoms with E-state index in [1.165, 1.54) is 17.9 Å². The van der Waals surface area contributed by atoms with E-state index in [-0.39, 0.29) is 0 Å². The van der Waals surface area contributed by atoms with Crippen LogP contribution in [-0.4, -0.2) is 30.1 Å². The fourth-order valence-corrected chi connectivity index (χ4v) is 3.28. The molecule has 90 valence electrons. The number of oxazole rings is 1. The fraction of sp³-hybridized carbons (Fsp3) is 0.750. The van der Waals surface area contributed by atoms with Crippen LogP contribution in [0.2, 0.25) is 0 Å². The number of hydrogen-bond acceptors (Lipinski definition) is 4. The average molecular weight is 240 g/mol. The Morgan fingerprint density at radius 2 is 2.56 bits per heavy atom. The standard InChI is InChI=1S/C12H20N2OS/c1-13-5-2-3-11-8-15-12(14-11)7-10-4-6-16-9-10/h8,10,13H,2-7,9H2,1H3. The zero-order valence-corrected chi connectivity index (χ0v) is 10.7. The second-order valence-electron chi connectivity index (χ2n) is 4.37. The zero-order chi connectivity index (χ0) is 11.2. The summed E-state index contributed by atoms with van der Waals surface area (Å²) in [4.78, 5) is 4.54. The lowest BCUT2D eigenvalue weighted by Crippen LogP contribution is -2.08. The van der Waals surface area contributed by atoms with Gasteiger partial charge in [0.1, 0.15) is 6.26 Å². The van der Waals surface area contributed by atoms with E-state index in [0.717, 1.165) is 43.3 Å². The summed E-state index contributed by atoms with van der Waals surface area (Å²) in [5.41, 5.74) is 1.11. The van der Waals surface area contributed by atoms with Crippen LogP contribution >= 0.6 is 11.8 Å². The van der Waals surface area contributed by atoms with E-state index >= 15 is 0 Å². The van der Waals surface area contributed by atoms with Gasteiger partial charge in [-0.05, 0) is 50.3 Å². The van der Waals surface area contributed by atoms with Gasteiger partial charge in [0.15, 0.2) is 5.89 Å². The number of nitrogens with zero attached hydrogens (tertiary/aromatic N) is 1. The molecule has 1 N–H and O–H groups in total. The molecule has 2 rings (SSSR count). The Hall–Kier alpha value is -0.480. The molecule has 1 fully saturated rings. The molecule has 16 heavy (non-hydrogen) atoms. The summed E-state index contributed by atoms with van der Waals surface area (Å²) >= 11 is 2.05. The molecule has 1 unspecified atom stereocenters. The van der Waals surface area contributed by atoms with Crippen molar-refractivity contribution < 1.29 is 4.42 Å². The lowest BCUT2D eigenvalue weighted by atomic mass is 10.1. The molecule has 1 aliphatic heterocycles. The lowest BCUT2D eigenvalue weighted by Gasteiger charge is -2.02. The Morgan fingerprint density at radius 3 is 3.31 bits per heavy atom. The third kappa shape index (κ3) is 3.52. The number of aryl methyl sites for hydroxylation is 1. The maximum Gasteiger partial charge on any atom is 0.194 e. The highest BCUT2D eigenvalue weighted by molar-refractivity contribution is 7.99. The van der Waals surface area contributed by atoms with Crippen molar-refractivity contribution in [2.45, 2.75) is 25.7 Å². The first kappa shape index (κ1) is 12.0. The summed E-state index contributed by atoms with van der Waals surface area (Å²) in [6.45, 7) is 1.04. The van der Waals surface area contributed by atoms with E-state index < -0.39 is 0 Å². The maximum absolute atomic E-state index is 5.52. The molecule has 0 bridgehead atoms. The van der Waals surface area contributed by atoms with Crippen LogP contribution in [0.15, 0.2) is 10.7 Å².